The van der Waals surface area contributed by atoms with Crippen LogP contribution in [0.4, 0.5) is 5.69 Å². The number of anilines is 1. The summed E-state index contributed by atoms with van der Waals surface area (Å²) in [5.41, 5.74) is 1.83. The Morgan fingerprint density at radius 1 is 1.31 bits per heavy atom. The average molecular weight is 391 g/mol. The van der Waals surface area contributed by atoms with Gasteiger partial charge in [-0.1, -0.05) is 17.7 Å². The highest BCUT2D eigenvalue weighted by Gasteiger charge is 2.20. The average Bonchev–Trinajstić information content (AvgIpc) is 3.14. The lowest BCUT2D eigenvalue weighted by Crippen LogP contribution is -2.23. The predicted molar refractivity (Wildman–Crippen MR) is 105 cm³/mol. The molecule has 7 heteroatoms. The van der Waals surface area contributed by atoms with Crippen molar-refractivity contribution in [2.45, 2.75) is 33.4 Å². The number of nitrogens with zero attached hydrogens (tertiary/aromatic N) is 1. The first-order valence-electron chi connectivity index (χ1n) is 8.19. The first-order valence-corrected chi connectivity index (χ1v) is 9.45. The normalized spacial score (nSPS) is 11.1. The maximum atomic E-state index is 12.6. The van der Waals surface area contributed by atoms with Crippen LogP contribution >= 0.6 is 22.9 Å². The number of fused-ring (bicyclic) bond motifs is 1. The van der Waals surface area contributed by atoms with Gasteiger partial charge in [-0.25, -0.2) is 4.79 Å². The second-order valence-electron chi connectivity index (χ2n) is 6.21. The van der Waals surface area contributed by atoms with Gasteiger partial charge in [0.1, 0.15) is 17.1 Å². The molecule has 1 amide bonds. The van der Waals surface area contributed by atoms with Gasteiger partial charge in [0.25, 0.3) is 0 Å². The van der Waals surface area contributed by atoms with Crippen molar-refractivity contribution in [3.63, 3.8) is 0 Å². The zero-order valence-electron chi connectivity index (χ0n) is 14.7. The van der Waals surface area contributed by atoms with E-state index in [1.54, 1.807) is 42.7 Å². The molecule has 0 saturated heterocycles. The Hall–Kier alpha value is -2.31. The number of esters is 1. The number of ether oxygens (including phenoxy) is 1. The quantitative estimate of drug-likeness (QED) is 0.632. The number of thiophene rings is 1. The summed E-state index contributed by atoms with van der Waals surface area (Å²) in [7, 11) is 0. The van der Waals surface area contributed by atoms with Crippen LogP contribution in [0.2, 0.25) is 5.02 Å². The fourth-order valence-corrected chi connectivity index (χ4v) is 3.72. The third-order valence-corrected chi connectivity index (χ3v) is 5.26. The van der Waals surface area contributed by atoms with Gasteiger partial charge >= 0.3 is 5.97 Å². The van der Waals surface area contributed by atoms with Crippen LogP contribution in [0.25, 0.3) is 10.2 Å². The minimum Gasteiger partial charge on any atom is -0.458 e. The van der Waals surface area contributed by atoms with Crippen LogP contribution in [0.3, 0.4) is 0 Å². The Labute approximate surface area is 160 Å². The molecule has 0 unspecified atom stereocenters. The van der Waals surface area contributed by atoms with E-state index < -0.39 is 5.97 Å². The lowest BCUT2D eigenvalue weighted by molar-refractivity contribution is -0.116. The zero-order valence-corrected chi connectivity index (χ0v) is 16.3. The van der Waals surface area contributed by atoms with E-state index in [0.717, 1.165) is 15.8 Å². The van der Waals surface area contributed by atoms with E-state index in [0.29, 0.717) is 16.4 Å². The SMILES string of the molecule is Cc1c(Cl)cccc1NC(=O)Cn1c(C(=O)OC(C)C)cc2ccsc21. The molecule has 5 nitrogen and oxygen atoms in total. The fourth-order valence-electron chi connectivity index (χ4n) is 2.65. The lowest BCUT2D eigenvalue weighted by Gasteiger charge is -2.13. The molecule has 26 heavy (non-hydrogen) atoms. The van der Waals surface area contributed by atoms with Gasteiger partial charge in [-0.05, 0) is 56.0 Å². The van der Waals surface area contributed by atoms with E-state index in [1.165, 1.54) is 11.3 Å². The highest BCUT2D eigenvalue weighted by molar-refractivity contribution is 7.16. The number of carbonyl (C=O) groups is 2. The van der Waals surface area contributed by atoms with Gasteiger partial charge in [0.05, 0.1) is 6.10 Å². The number of aromatic nitrogens is 1. The molecule has 0 spiro atoms. The lowest BCUT2D eigenvalue weighted by atomic mass is 10.2. The molecule has 0 aliphatic carbocycles. The maximum Gasteiger partial charge on any atom is 0.355 e. The van der Waals surface area contributed by atoms with Crippen molar-refractivity contribution < 1.29 is 14.3 Å². The van der Waals surface area contributed by atoms with E-state index in [1.807, 2.05) is 18.4 Å². The number of carbonyl (C=O) groups excluding carboxylic acids is 2. The van der Waals surface area contributed by atoms with Gasteiger partial charge in [-0.3, -0.25) is 4.79 Å². The largest absolute Gasteiger partial charge is 0.458 e. The van der Waals surface area contributed by atoms with Gasteiger partial charge in [0.15, 0.2) is 0 Å². The summed E-state index contributed by atoms with van der Waals surface area (Å²) in [5, 5.41) is 6.29. The van der Waals surface area contributed by atoms with Crippen LogP contribution in [0.1, 0.15) is 29.9 Å². The molecule has 0 aliphatic rings. The van der Waals surface area contributed by atoms with Gasteiger partial charge in [-0.2, -0.15) is 0 Å². The van der Waals surface area contributed by atoms with Gasteiger partial charge in [-0.15, -0.1) is 11.3 Å². The fraction of sp³-hybridized carbons (Fsp3) is 0.263. The molecular formula is C19H19ClN2O3S. The molecule has 3 rings (SSSR count). The van der Waals surface area contributed by atoms with Gasteiger partial charge < -0.3 is 14.6 Å². The second-order valence-corrected chi connectivity index (χ2v) is 7.51. The monoisotopic (exact) mass is 390 g/mol. The summed E-state index contributed by atoms with van der Waals surface area (Å²) in [6.07, 6.45) is -0.230. The van der Waals surface area contributed by atoms with Crippen LogP contribution in [0, 0.1) is 6.92 Å². The molecule has 2 aromatic heterocycles. The predicted octanol–water partition coefficient (Wildman–Crippen LogP) is 4.87. The minimum atomic E-state index is -0.435. The summed E-state index contributed by atoms with van der Waals surface area (Å²) in [4.78, 5) is 25.8. The molecule has 0 saturated carbocycles. The number of halogens is 1. The van der Waals surface area contributed by atoms with E-state index >= 15 is 0 Å². The number of amides is 1. The third-order valence-electron chi connectivity index (χ3n) is 3.90. The van der Waals surface area contributed by atoms with E-state index in [4.69, 9.17) is 16.3 Å². The van der Waals surface area contributed by atoms with Crippen molar-refractivity contribution in [1.29, 1.82) is 0 Å². The van der Waals surface area contributed by atoms with Crippen molar-refractivity contribution in [3.8, 4) is 0 Å². The second kappa shape index (κ2) is 7.51. The smallest absolute Gasteiger partial charge is 0.355 e. The molecule has 1 N–H and O–H groups in total. The Bertz CT molecular complexity index is 974. The standard InChI is InChI=1S/C19H19ClN2O3S/c1-11(2)25-19(24)16-9-13-7-8-26-18(13)22(16)10-17(23)21-15-6-4-5-14(20)12(15)3/h4-9,11H,10H2,1-3H3,(H,21,23). The summed E-state index contributed by atoms with van der Waals surface area (Å²) in [6.45, 7) is 5.44. The van der Waals surface area contributed by atoms with Crippen molar-refractivity contribution in [2.75, 3.05) is 5.32 Å². The van der Waals surface area contributed by atoms with Crippen molar-refractivity contribution in [3.05, 3.63) is 52.0 Å². The number of hydrogen-bond acceptors (Lipinski definition) is 4. The molecule has 2 heterocycles. The van der Waals surface area contributed by atoms with Crippen LogP contribution in [-0.2, 0) is 16.1 Å². The molecule has 0 aliphatic heterocycles. The van der Waals surface area contributed by atoms with Crippen LogP contribution in [0.5, 0.6) is 0 Å². The van der Waals surface area contributed by atoms with Crippen molar-refractivity contribution >= 4 is 50.7 Å². The number of hydrogen-bond donors (Lipinski definition) is 1. The summed E-state index contributed by atoms with van der Waals surface area (Å²) in [6, 6.07) is 9.02. The van der Waals surface area contributed by atoms with Crippen LogP contribution in [-0.4, -0.2) is 22.5 Å². The number of benzene rings is 1. The van der Waals surface area contributed by atoms with E-state index in [9.17, 15) is 9.59 Å². The molecule has 3 aromatic rings. The molecule has 0 radical (unpaired) electrons. The molecular weight excluding hydrogens is 372 g/mol. The molecule has 1 aromatic carbocycles. The van der Waals surface area contributed by atoms with E-state index in [-0.39, 0.29) is 18.6 Å². The maximum absolute atomic E-state index is 12.6. The summed E-state index contributed by atoms with van der Waals surface area (Å²) < 4.78 is 7.00. The first kappa shape index (κ1) is 18.5. The first-order chi connectivity index (χ1) is 12.4. The van der Waals surface area contributed by atoms with Crippen LogP contribution in [0.15, 0.2) is 35.7 Å². The minimum absolute atomic E-state index is 0.0124. The molecule has 0 bridgehead atoms. The number of rotatable bonds is 5. The molecule has 0 atom stereocenters. The third kappa shape index (κ3) is 3.76. The Morgan fingerprint density at radius 2 is 2.08 bits per heavy atom. The van der Waals surface area contributed by atoms with Gasteiger partial charge in [0, 0.05) is 16.1 Å². The highest BCUT2D eigenvalue weighted by Crippen LogP contribution is 2.27. The zero-order chi connectivity index (χ0) is 18.8. The topological polar surface area (TPSA) is 60.3 Å². The van der Waals surface area contributed by atoms with Crippen LogP contribution < -0.4 is 5.32 Å². The van der Waals surface area contributed by atoms with Gasteiger partial charge in [0.2, 0.25) is 5.91 Å². The van der Waals surface area contributed by atoms with Crippen molar-refractivity contribution in [1.82, 2.24) is 4.57 Å². The molecule has 136 valence electrons. The van der Waals surface area contributed by atoms with E-state index in [2.05, 4.69) is 5.32 Å². The summed E-state index contributed by atoms with van der Waals surface area (Å²) in [5.74, 6) is -0.671. The highest BCUT2D eigenvalue weighted by atomic mass is 35.5. The number of nitrogens with one attached hydrogen (secondary N) is 1. The Balaban J connectivity index is 1.87. The Morgan fingerprint density at radius 3 is 2.81 bits per heavy atom. The Kier molecular flexibility index (Phi) is 5.34. The molecule has 0 fully saturated rings. The summed E-state index contributed by atoms with van der Waals surface area (Å²) >= 11 is 7.58. The van der Waals surface area contributed by atoms with Crippen molar-refractivity contribution in [2.24, 2.45) is 0 Å².